The van der Waals surface area contributed by atoms with Crippen LogP contribution in [-0.4, -0.2) is 37.2 Å². The highest BCUT2D eigenvalue weighted by molar-refractivity contribution is 6.11. The lowest BCUT2D eigenvalue weighted by molar-refractivity contribution is -0.112. The molecule has 9 heteroatoms. The number of anilines is 2. The summed E-state index contributed by atoms with van der Waals surface area (Å²) in [5, 5.41) is 26.0. The number of nitrogens with one attached hydrogen (secondary N) is 2. The van der Waals surface area contributed by atoms with Crippen LogP contribution in [0.1, 0.15) is 20.7 Å². The predicted molar refractivity (Wildman–Crippen MR) is 121 cm³/mol. The number of rotatable bonds is 6. The Morgan fingerprint density at radius 2 is 1.64 bits per heavy atom. The molecule has 0 aliphatic heterocycles. The molecule has 0 aliphatic carbocycles. The summed E-state index contributed by atoms with van der Waals surface area (Å²) in [7, 11) is 2.42. The summed E-state index contributed by atoms with van der Waals surface area (Å²) in [4.78, 5) is 36.6. The number of aromatic hydroxyl groups is 1. The Labute approximate surface area is 188 Å². The van der Waals surface area contributed by atoms with Gasteiger partial charge in [0.25, 0.3) is 5.91 Å². The third kappa shape index (κ3) is 4.91. The van der Waals surface area contributed by atoms with Crippen molar-refractivity contribution >= 4 is 40.0 Å². The number of esters is 2. The van der Waals surface area contributed by atoms with Gasteiger partial charge in [0.1, 0.15) is 17.4 Å². The summed E-state index contributed by atoms with van der Waals surface area (Å²) >= 11 is 0. The molecule has 0 unspecified atom stereocenters. The Balaban J connectivity index is 1.91. The van der Waals surface area contributed by atoms with Crippen LogP contribution < -0.4 is 10.6 Å². The third-order valence-corrected chi connectivity index (χ3v) is 4.73. The minimum atomic E-state index is -0.718. The maximum Gasteiger partial charge on any atom is 0.339 e. The number of carbonyl (C=O) groups is 3. The van der Waals surface area contributed by atoms with E-state index in [0.717, 1.165) is 6.20 Å². The quantitative estimate of drug-likeness (QED) is 0.297. The number of fused-ring (bicyclic) bond motifs is 1. The lowest BCUT2D eigenvalue weighted by Crippen LogP contribution is -2.15. The molecule has 0 saturated carbocycles. The highest BCUT2D eigenvalue weighted by atomic mass is 16.5. The molecule has 0 spiro atoms. The van der Waals surface area contributed by atoms with Crippen molar-refractivity contribution in [3.63, 3.8) is 0 Å². The van der Waals surface area contributed by atoms with Crippen LogP contribution in [0.25, 0.3) is 10.8 Å². The molecule has 0 atom stereocenters. The van der Waals surface area contributed by atoms with Gasteiger partial charge in [-0.2, -0.15) is 5.26 Å². The van der Waals surface area contributed by atoms with Gasteiger partial charge in [0.05, 0.1) is 31.0 Å². The molecule has 0 fully saturated rings. The number of nitriles is 1. The van der Waals surface area contributed by atoms with Crippen LogP contribution in [0, 0.1) is 11.3 Å². The molecule has 3 aromatic rings. The van der Waals surface area contributed by atoms with Crippen LogP contribution in [-0.2, 0) is 14.3 Å². The smallest absolute Gasteiger partial charge is 0.339 e. The molecule has 1 amide bonds. The van der Waals surface area contributed by atoms with Crippen LogP contribution in [0.3, 0.4) is 0 Å². The van der Waals surface area contributed by atoms with Crippen LogP contribution in [0.5, 0.6) is 5.75 Å². The number of phenols is 1. The van der Waals surface area contributed by atoms with E-state index in [1.165, 1.54) is 38.5 Å². The van der Waals surface area contributed by atoms with Gasteiger partial charge in [0.15, 0.2) is 0 Å². The van der Waals surface area contributed by atoms with Crippen LogP contribution >= 0.6 is 0 Å². The molecule has 0 radical (unpaired) electrons. The van der Waals surface area contributed by atoms with E-state index in [2.05, 4.69) is 15.4 Å². The average Bonchev–Trinajstić information content (AvgIpc) is 2.84. The molecule has 0 saturated heterocycles. The first-order valence-corrected chi connectivity index (χ1v) is 9.59. The molecule has 0 heterocycles. The zero-order valence-electron chi connectivity index (χ0n) is 17.7. The molecule has 0 bridgehead atoms. The Bertz CT molecular complexity index is 1320. The minimum absolute atomic E-state index is 0.0575. The minimum Gasteiger partial charge on any atom is -0.507 e. The van der Waals surface area contributed by atoms with E-state index >= 15 is 0 Å². The van der Waals surface area contributed by atoms with Crippen molar-refractivity contribution in [2.24, 2.45) is 0 Å². The standard InChI is InChI=1S/C24H19N3O6/c1-32-23(30)14-9-10-18(24(31)33-2)20(11-14)26-13-15(12-25)22(29)27-19-7-3-6-17-16(19)5-4-8-21(17)28/h3-11,13,26,28H,1-2H3,(H,27,29)/b15-13-. The number of hydrogen-bond donors (Lipinski definition) is 3. The monoisotopic (exact) mass is 445 g/mol. The number of nitrogens with zero attached hydrogens (tertiary/aromatic N) is 1. The van der Waals surface area contributed by atoms with Crippen LogP contribution in [0.4, 0.5) is 11.4 Å². The first-order valence-electron chi connectivity index (χ1n) is 9.59. The molecular formula is C24H19N3O6. The number of methoxy groups -OCH3 is 2. The lowest BCUT2D eigenvalue weighted by Gasteiger charge is -2.11. The molecule has 0 aromatic heterocycles. The van der Waals surface area contributed by atoms with E-state index in [1.807, 2.05) is 0 Å². The molecule has 3 aromatic carbocycles. The van der Waals surface area contributed by atoms with Crippen molar-refractivity contribution < 1.29 is 29.0 Å². The van der Waals surface area contributed by atoms with Gasteiger partial charge in [-0.15, -0.1) is 0 Å². The highest BCUT2D eigenvalue weighted by Gasteiger charge is 2.17. The van der Waals surface area contributed by atoms with Crippen molar-refractivity contribution in [1.29, 1.82) is 5.26 Å². The Kier molecular flexibility index (Phi) is 6.90. The van der Waals surface area contributed by atoms with E-state index in [4.69, 9.17) is 4.74 Å². The van der Waals surface area contributed by atoms with Crippen molar-refractivity contribution in [1.82, 2.24) is 0 Å². The zero-order chi connectivity index (χ0) is 24.0. The lowest BCUT2D eigenvalue weighted by atomic mass is 10.1. The Morgan fingerprint density at radius 1 is 0.939 bits per heavy atom. The van der Waals surface area contributed by atoms with Crippen LogP contribution in [0.2, 0.25) is 0 Å². The van der Waals surface area contributed by atoms with Crippen molar-refractivity contribution in [2.45, 2.75) is 0 Å². The molecule has 3 rings (SSSR count). The number of phenolic OH excluding ortho intramolecular Hbond substituents is 1. The summed E-state index contributed by atoms with van der Waals surface area (Å²) < 4.78 is 9.41. The van der Waals surface area contributed by atoms with Crippen LogP contribution in [0.15, 0.2) is 66.4 Å². The molecule has 3 N–H and O–H groups in total. The third-order valence-electron chi connectivity index (χ3n) is 4.73. The van der Waals surface area contributed by atoms with E-state index in [9.17, 15) is 24.8 Å². The normalized spacial score (nSPS) is 10.8. The van der Waals surface area contributed by atoms with Gasteiger partial charge in [-0.1, -0.05) is 24.3 Å². The summed E-state index contributed by atoms with van der Waals surface area (Å²) in [6, 6.07) is 15.8. The second-order valence-corrected chi connectivity index (χ2v) is 6.69. The summed E-state index contributed by atoms with van der Waals surface area (Å²) in [5.74, 6) is -1.97. The summed E-state index contributed by atoms with van der Waals surface area (Å²) in [5.41, 5.74) is 0.479. The number of amides is 1. The molecule has 33 heavy (non-hydrogen) atoms. The molecule has 166 valence electrons. The summed E-state index contributed by atoms with van der Waals surface area (Å²) in [6.45, 7) is 0. The molecule has 0 aliphatic rings. The number of carbonyl (C=O) groups excluding carboxylic acids is 3. The topological polar surface area (TPSA) is 138 Å². The highest BCUT2D eigenvalue weighted by Crippen LogP contribution is 2.30. The fourth-order valence-electron chi connectivity index (χ4n) is 3.09. The number of benzene rings is 3. The molecule has 9 nitrogen and oxygen atoms in total. The van der Waals surface area contributed by atoms with E-state index < -0.39 is 17.8 Å². The zero-order valence-corrected chi connectivity index (χ0v) is 17.7. The maximum absolute atomic E-state index is 12.7. The average molecular weight is 445 g/mol. The van der Waals surface area contributed by atoms with E-state index in [0.29, 0.717) is 16.5 Å². The largest absolute Gasteiger partial charge is 0.507 e. The molecular weight excluding hydrogens is 426 g/mol. The summed E-state index contributed by atoms with van der Waals surface area (Å²) in [6.07, 6.45) is 1.11. The van der Waals surface area contributed by atoms with E-state index in [-0.39, 0.29) is 28.1 Å². The first-order chi connectivity index (χ1) is 15.9. The first kappa shape index (κ1) is 22.8. The van der Waals surface area contributed by atoms with Gasteiger partial charge in [-0.05, 0) is 30.3 Å². The fourth-order valence-corrected chi connectivity index (χ4v) is 3.09. The SMILES string of the molecule is COC(=O)c1ccc(C(=O)OC)c(N/C=C(/C#N)C(=O)Nc2cccc3c(O)cccc23)c1. The van der Waals surface area contributed by atoms with Gasteiger partial charge in [-0.3, -0.25) is 4.79 Å². The second-order valence-electron chi connectivity index (χ2n) is 6.69. The van der Waals surface area contributed by atoms with Gasteiger partial charge in [0, 0.05) is 22.7 Å². The predicted octanol–water partition coefficient (Wildman–Crippen LogP) is 3.58. The maximum atomic E-state index is 12.7. The second kappa shape index (κ2) is 9.98. The Morgan fingerprint density at radius 3 is 2.33 bits per heavy atom. The van der Waals surface area contributed by atoms with Gasteiger partial charge < -0.3 is 25.2 Å². The van der Waals surface area contributed by atoms with Crippen molar-refractivity contribution in [3.05, 3.63) is 77.5 Å². The van der Waals surface area contributed by atoms with Gasteiger partial charge >= 0.3 is 11.9 Å². The fraction of sp³-hybridized carbons (Fsp3) is 0.0833. The number of ether oxygens (including phenoxy) is 2. The van der Waals surface area contributed by atoms with Crippen molar-refractivity contribution in [2.75, 3.05) is 24.9 Å². The number of hydrogen-bond acceptors (Lipinski definition) is 8. The van der Waals surface area contributed by atoms with E-state index in [1.54, 1.807) is 36.4 Å². The van der Waals surface area contributed by atoms with Crippen molar-refractivity contribution in [3.8, 4) is 11.8 Å². The van der Waals surface area contributed by atoms with Gasteiger partial charge in [-0.25, -0.2) is 9.59 Å². The Hall–Kier alpha value is -4.84. The van der Waals surface area contributed by atoms with Gasteiger partial charge in [0.2, 0.25) is 0 Å².